The number of thioether (sulfide) groups is 1. The van der Waals surface area contributed by atoms with Crippen LogP contribution in [0.3, 0.4) is 0 Å². The lowest BCUT2D eigenvalue weighted by molar-refractivity contribution is 0.551. The van der Waals surface area contributed by atoms with E-state index in [4.69, 9.17) is 11.6 Å². The number of rotatable bonds is 4. The molecule has 1 nitrogen and oxygen atoms in total. The number of aryl methyl sites for hydroxylation is 1. The molecule has 1 aromatic carbocycles. The van der Waals surface area contributed by atoms with Crippen molar-refractivity contribution in [3.8, 4) is 0 Å². The molecule has 1 aliphatic heterocycles. The van der Waals surface area contributed by atoms with Gasteiger partial charge in [-0.2, -0.15) is 0 Å². The van der Waals surface area contributed by atoms with Gasteiger partial charge in [-0.1, -0.05) is 19.1 Å². The second-order valence-corrected chi connectivity index (χ2v) is 5.82. The van der Waals surface area contributed by atoms with Crippen molar-refractivity contribution >= 4 is 23.4 Å². The van der Waals surface area contributed by atoms with E-state index in [9.17, 15) is 0 Å². The Bertz CT molecular complexity index is 367. The molecule has 0 saturated carbocycles. The Morgan fingerprint density at radius 2 is 2.31 bits per heavy atom. The molecule has 1 aromatic rings. The number of hydrogen-bond donors (Lipinski definition) is 1. The lowest BCUT2D eigenvalue weighted by atomic mass is 10.0. The summed E-state index contributed by atoms with van der Waals surface area (Å²) in [6, 6.07) is 6.98. The first-order valence-corrected chi connectivity index (χ1v) is 7.27. The maximum absolute atomic E-state index is 6.47. The molecule has 1 N–H and O–H groups in total. The van der Waals surface area contributed by atoms with Gasteiger partial charge in [0.05, 0.1) is 5.38 Å². The van der Waals surface area contributed by atoms with Crippen molar-refractivity contribution in [2.75, 3.05) is 12.3 Å². The third-order valence-electron chi connectivity index (χ3n) is 3.00. The molecule has 3 heteroatoms. The molecule has 0 amide bonds. The number of benzene rings is 1. The second-order valence-electron chi connectivity index (χ2n) is 4.21. The van der Waals surface area contributed by atoms with Gasteiger partial charge in [-0.05, 0) is 37.1 Å². The molecule has 0 spiro atoms. The van der Waals surface area contributed by atoms with Crippen molar-refractivity contribution in [3.05, 3.63) is 29.3 Å². The molecule has 1 aliphatic rings. The minimum atomic E-state index is 0.0656. The van der Waals surface area contributed by atoms with Crippen LogP contribution in [-0.4, -0.2) is 18.3 Å². The molecule has 16 heavy (non-hydrogen) atoms. The second kappa shape index (κ2) is 5.44. The normalized spacial score (nSPS) is 18.2. The summed E-state index contributed by atoms with van der Waals surface area (Å²) in [5, 5.41) is 3.44. The zero-order chi connectivity index (χ0) is 11.5. The summed E-state index contributed by atoms with van der Waals surface area (Å²) in [7, 11) is 0. The largest absolute Gasteiger partial charge is 0.313 e. The lowest BCUT2D eigenvalue weighted by Gasteiger charge is -2.19. The molecule has 0 aromatic heterocycles. The van der Waals surface area contributed by atoms with Crippen LogP contribution in [0.15, 0.2) is 23.1 Å². The van der Waals surface area contributed by atoms with Gasteiger partial charge < -0.3 is 5.32 Å². The fourth-order valence-corrected chi connectivity index (χ4v) is 3.37. The quantitative estimate of drug-likeness (QED) is 0.825. The molecule has 1 heterocycles. The number of alkyl halides is 1. The van der Waals surface area contributed by atoms with Gasteiger partial charge in [0.15, 0.2) is 0 Å². The number of halogens is 1. The summed E-state index contributed by atoms with van der Waals surface area (Å²) in [5.74, 6) is 1.22. The van der Waals surface area contributed by atoms with Crippen molar-refractivity contribution in [1.82, 2.24) is 5.32 Å². The predicted molar refractivity (Wildman–Crippen MR) is 72.6 cm³/mol. The molecular formula is C13H18ClNS. The van der Waals surface area contributed by atoms with Crippen LogP contribution < -0.4 is 5.32 Å². The average molecular weight is 256 g/mol. The first kappa shape index (κ1) is 12.3. The van der Waals surface area contributed by atoms with E-state index >= 15 is 0 Å². The van der Waals surface area contributed by atoms with Gasteiger partial charge in [-0.15, -0.1) is 23.4 Å². The fourth-order valence-electron chi connectivity index (χ4n) is 2.09. The summed E-state index contributed by atoms with van der Waals surface area (Å²) in [6.45, 7) is 5.22. The highest BCUT2D eigenvalue weighted by molar-refractivity contribution is 7.99. The molecule has 2 rings (SSSR count). The Kier molecular flexibility index (Phi) is 4.17. The van der Waals surface area contributed by atoms with Crippen molar-refractivity contribution in [3.63, 3.8) is 0 Å². The number of hydrogen-bond acceptors (Lipinski definition) is 2. The van der Waals surface area contributed by atoms with E-state index in [-0.39, 0.29) is 5.38 Å². The van der Waals surface area contributed by atoms with Crippen LogP contribution >= 0.6 is 23.4 Å². The molecule has 2 unspecified atom stereocenters. The van der Waals surface area contributed by atoms with Crippen LogP contribution in [0.1, 0.15) is 30.4 Å². The summed E-state index contributed by atoms with van der Waals surface area (Å²) in [4.78, 5) is 1.43. The first-order valence-electron chi connectivity index (χ1n) is 5.85. The summed E-state index contributed by atoms with van der Waals surface area (Å²) >= 11 is 8.42. The highest BCUT2D eigenvalue weighted by atomic mass is 35.5. The Labute approximate surface area is 107 Å². The molecule has 2 atom stereocenters. The summed E-state index contributed by atoms with van der Waals surface area (Å²) in [5.41, 5.74) is 2.72. The Morgan fingerprint density at radius 1 is 1.50 bits per heavy atom. The molecule has 88 valence electrons. The van der Waals surface area contributed by atoms with Gasteiger partial charge >= 0.3 is 0 Å². The molecular weight excluding hydrogens is 238 g/mol. The molecule has 0 saturated heterocycles. The van der Waals surface area contributed by atoms with Gasteiger partial charge in [-0.3, -0.25) is 0 Å². The van der Waals surface area contributed by atoms with E-state index in [1.807, 2.05) is 11.8 Å². The Balaban J connectivity index is 2.14. The van der Waals surface area contributed by atoms with Gasteiger partial charge in [0.2, 0.25) is 0 Å². The monoisotopic (exact) mass is 255 g/mol. The van der Waals surface area contributed by atoms with E-state index in [1.165, 1.54) is 28.2 Å². The molecule has 0 aliphatic carbocycles. The molecule has 0 bridgehead atoms. The highest BCUT2D eigenvalue weighted by Gasteiger charge is 2.18. The van der Waals surface area contributed by atoms with E-state index in [0.717, 1.165) is 6.54 Å². The minimum Gasteiger partial charge on any atom is -0.313 e. The third kappa shape index (κ3) is 2.55. The van der Waals surface area contributed by atoms with E-state index < -0.39 is 0 Å². The summed E-state index contributed by atoms with van der Waals surface area (Å²) in [6.07, 6.45) is 1.19. The highest BCUT2D eigenvalue weighted by Crippen LogP contribution is 2.34. The van der Waals surface area contributed by atoms with E-state index in [2.05, 4.69) is 37.4 Å². The lowest BCUT2D eigenvalue weighted by Crippen LogP contribution is -2.29. The Hall–Kier alpha value is -0.180. The van der Waals surface area contributed by atoms with Gasteiger partial charge in [0, 0.05) is 16.7 Å². The van der Waals surface area contributed by atoms with Gasteiger partial charge in [-0.25, -0.2) is 0 Å². The van der Waals surface area contributed by atoms with Crippen LogP contribution in [0.25, 0.3) is 0 Å². The maximum atomic E-state index is 6.47. The van der Waals surface area contributed by atoms with E-state index in [1.54, 1.807) is 0 Å². The standard InChI is InChI=1S/C13H18ClNS/c1-3-15-9(2)13(14)11-4-5-12-10(8-11)6-7-16-12/h4-5,8-9,13,15H,3,6-7H2,1-2H3. The van der Waals surface area contributed by atoms with Crippen LogP contribution in [0.4, 0.5) is 0 Å². The van der Waals surface area contributed by atoms with E-state index in [0.29, 0.717) is 6.04 Å². The Morgan fingerprint density at radius 3 is 3.06 bits per heavy atom. The van der Waals surface area contributed by atoms with Crippen LogP contribution in [0.2, 0.25) is 0 Å². The number of fused-ring (bicyclic) bond motifs is 1. The third-order valence-corrected chi connectivity index (χ3v) is 4.74. The molecule has 0 fully saturated rings. The number of nitrogens with one attached hydrogen (secondary N) is 1. The van der Waals surface area contributed by atoms with Gasteiger partial charge in [0.1, 0.15) is 0 Å². The van der Waals surface area contributed by atoms with Crippen LogP contribution in [0, 0.1) is 0 Å². The topological polar surface area (TPSA) is 12.0 Å². The van der Waals surface area contributed by atoms with Crippen molar-refractivity contribution in [2.45, 2.75) is 36.6 Å². The smallest absolute Gasteiger partial charge is 0.0735 e. The maximum Gasteiger partial charge on any atom is 0.0735 e. The molecule has 0 radical (unpaired) electrons. The zero-order valence-electron chi connectivity index (χ0n) is 9.79. The minimum absolute atomic E-state index is 0.0656. The SMILES string of the molecule is CCNC(C)C(Cl)c1ccc2c(c1)CCS2. The van der Waals surface area contributed by atoms with Gasteiger partial charge in [0.25, 0.3) is 0 Å². The predicted octanol–water partition coefficient (Wildman–Crippen LogP) is 3.61. The zero-order valence-corrected chi connectivity index (χ0v) is 11.4. The fraction of sp³-hybridized carbons (Fsp3) is 0.538. The van der Waals surface area contributed by atoms with Crippen molar-refractivity contribution in [1.29, 1.82) is 0 Å². The van der Waals surface area contributed by atoms with Crippen molar-refractivity contribution < 1.29 is 0 Å². The number of likely N-dealkylation sites (N-methyl/N-ethyl adjacent to an activating group) is 1. The van der Waals surface area contributed by atoms with Crippen LogP contribution in [0.5, 0.6) is 0 Å². The first-order chi connectivity index (χ1) is 7.72. The van der Waals surface area contributed by atoms with Crippen LogP contribution in [-0.2, 0) is 6.42 Å². The van der Waals surface area contributed by atoms with Crippen molar-refractivity contribution in [2.24, 2.45) is 0 Å². The average Bonchev–Trinajstić information content (AvgIpc) is 2.75. The summed E-state index contributed by atoms with van der Waals surface area (Å²) < 4.78 is 0.